The highest BCUT2D eigenvalue weighted by atomic mass is 16.9. The van der Waals surface area contributed by atoms with E-state index in [0.717, 1.165) is 0 Å². The first kappa shape index (κ1) is 17.9. The molecule has 0 unspecified atom stereocenters. The zero-order chi connectivity index (χ0) is 18.5. The van der Waals surface area contributed by atoms with Gasteiger partial charge < -0.3 is 28.4 Å². The summed E-state index contributed by atoms with van der Waals surface area (Å²) in [7, 11) is 0. The molecule has 1 aromatic rings. The van der Waals surface area contributed by atoms with Crippen LogP contribution in [-0.2, 0) is 28.4 Å². The van der Waals surface area contributed by atoms with Crippen molar-refractivity contribution < 1.29 is 33.2 Å². The van der Waals surface area contributed by atoms with Gasteiger partial charge >= 0.3 is 5.97 Å². The Morgan fingerprint density at radius 1 is 0.923 bits per heavy atom. The van der Waals surface area contributed by atoms with Gasteiger partial charge in [-0.15, -0.1) is 0 Å². The number of hydrogen-bond donors (Lipinski definition) is 0. The lowest BCUT2D eigenvalue weighted by Gasteiger charge is -2.36. The van der Waals surface area contributed by atoms with Crippen molar-refractivity contribution in [3.8, 4) is 0 Å². The maximum atomic E-state index is 12.2. The summed E-state index contributed by atoms with van der Waals surface area (Å²) in [6.45, 7) is 7.38. The topological polar surface area (TPSA) is 72.5 Å². The summed E-state index contributed by atoms with van der Waals surface area (Å²) in [5, 5.41) is 0. The summed E-state index contributed by atoms with van der Waals surface area (Å²) >= 11 is 0. The third-order valence-electron chi connectivity index (χ3n) is 4.64. The standard InChI is InChI=1S/C19H24O7/c1-18(2)23-13-12(10-21-16(20)11-8-6-5-7-9-11)22-17-15(14(13)24-18)25-19(3,4)26-17/h5-9,12-15,17H,10H2,1-4H3/t12-,13-,14-,15+,17+/m0/s1. The van der Waals surface area contributed by atoms with Crippen LogP contribution >= 0.6 is 0 Å². The van der Waals surface area contributed by atoms with Crippen LogP contribution in [0.5, 0.6) is 0 Å². The van der Waals surface area contributed by atoms with Crippen molar-refractivity contribution in [1.82, 2.24) is 0 Å². The summed E-state index contributed by atoms with van der Waals surface area (Å²) in [4.78, 5) is 12.2. The van der Waals surface area contributed by atoms with Crippen molar-refractivity contribution in [3.63, 3.8) is 0 Å². The van der Waals surface area contributed by atoms with Crippen LogP contribution in [0.2, 0.25) is 0 Å². The molecule has 0 N–H and O–H groups in total. The minimum absolute atomic E-state index is 0.0430. The predicted molar refractivity (Wildman–Crippen MR) is 89.2 cm³/mol. The van der Waals surface area contributed by atoms with Gasteiger partial charge in [0.2, 0.25) is 0 Å². The Balaban J connectivity index is 1.48. The van der Waals surface area contributed by atoms with Gasteiger partial charge in [-0.2, -0.15) is 0 Å². The summed E-state index contributed by atoms with van der Waals surface area (Å²) < 4.78 is 35.3. The lowest BCUT2D eigenvalue weighted by atomic mass is 9.99. The third kappa shape index (κ3) is 3.37. The Hall–Kier alpha value is -1.51. The molecule has 3 aliphatic rings. The van der Waals surface area contributed by atoms with E-state index in [9.17, 15) is 4.79 Å². The average Bonchev–Trinajstić information content (AvgIpc) is 3.07. The fourth-order valence-electron chi connectivity index (χ4n) is 3.64. The van der Waals surface area contributed by atoms with Crippen LogP contribution in [0.15, 0.2) is 30.3 Å². The number of benzene rings is 1. The molecule has 0 saturated carbocycles. The summed E-state index contributed by atoms with van der Waals surface area (Å²) in [6, 6.07) is 8.83. The minimum atomic E-state index is -0.772. The molecule has 7 nitrogen and oxygen atoms in total. The van der Waals surface area contributed by atoms with E-state index in [1.54, 1.807) is 24.3 Å². The van der Waals surface area contributed by atoms with Crippen LogP contribution in [0, 0.1) is 0 Å². The number of esters is 1. The molecule has 0 amide bonds. The zero-order valence-electron chi connectivity index (χ0n) is 15.3. The molecule has 26 heavy (non-hydrogen) atoms. The van der Waals surface area contributed by atoms with Gasteiger partial charge in [-0.05, 0) is 39.8 Å². The van der Waals surface area contributed by atoms with Crippen LogP contribution in [0.1, 0.15) is 38.1 Å². The minimum Gasteiger partial charge on any atom is -0.459 e. The molecule has 3 saturated heterocycles. The van der Waals surface area contributed by atoms with Crippen molar-refractivity contribution in [3.05, 3.63) is 35.9 Å². The molecule has 5 atom stereocenters. The van der Waals surface area contributed by atoms with Gasteiger partial charge in [-0.3, -0.25) is 0 Å². The van der Waals surface area contributed by atoms with Crippen molar-refractivity contribution in [2.24, 2.45) is 0 Å². The second-order valence-corrected chi connectivity index (χ2v) is 7.67. The monoisotopic (exact) mass is 364 g/mol. The number of ether oxygens (including phenoxy) is 6. The highest BCUT2D eigenvalue weighted by molar-refractivity contribution is 5.89. The molecule has 0 aliphatic carbocycles. The first-order chi connectivity index (χ1) is 12.2. The molecule has 7 heteroatoms. The zero-order valence-corrected chi connectivity index (χ0v) is 15.3. The molecule has 3 aliphatic heterocycles. The summed E-state index contributed by atoms with van der Waals surface area (Å²) in [5.74, 6) is -1.95. The number of hydrogen-bond acceptors (Lipinski definition) is 7. The molecule has 0 bridgehead atoms. The van der Waals surface area contributed by atoms with Gasteiger partial charge in [-0.25, -0.2) is 4.79 Å². The first-order valence-corrected chi connectivity index (χ1v) is 8.83. The number of carbonyl (C=O) groups excluding carboxylic acids is 1. The van der Waals surface area contributed by atoms with Crippen molar-refractivity contribution in [2.45, 2.75) is 70.0 Å². The Kier molecular flexibility index (Phi) is 4.32. The molecule has 142 valence electrons. The van der Waals surface area contributed by atoms with Crippen LogP contribution in [0.4, 0.5) is 0 Å². The van der Waals surface area contributed by atoms with Crippen LogP contribution in [-0.4, -0.2) is 54.9 Å². The van der Waals surface area contributed by atoms with E-state index >= 15 is 0 Å². The van der Waals surface area contributed by atoms with Crippen LogP contribution < -0.4 is 0 Å². The smallest absolute Gasteiger partial charge is 0.338 e. The predicted octanol–water partition coefficient (Wildman–Crippen LogP) is 2.24. The summed E-state index contributed by atoms with van der Waals surface area (Å²) in [6.07, 6.45) is -2.26. The number of rotatable bonds is 3. The van der Waals surface area contributed by atoms with Crippen LogP contribution in [0.3, 0.4) is 0 Å². The van der Waals surface area contributed by atoms with Crippen LogP contribution in [0.25, 0.3) is 0 Å². The molecule has 0 spiro atoms. The Bertz CT molecular complexity index is 672. The number of fused-ring (bicyclic) bond motifs is 3. The molecular formula is C19H24O7. The largest absolute Gasteiger partial charge is 0.459 e. The van der Waals surface area contributed by atoms with Crippen molar-refractivity contribution in [1.29, 1.82) is 0 Å². The van der Waals surface area contributed by atoms with E-state index in [4.69, 9.17) is 28.4 Å². The fraction of sp³-hybridized carbons (Fsp3) is 0.632. The quantitative estimate of drug-likeness (QED) is 0.762. The molecule has 3 fully saturated rings. The maximum Gasteiger partial charge on any atom is 0.338 e. The lowest BCUT2D eigenvalue weighted by molar-refractivity contribution is -0.240. The molecule has 0 aromatic heterocycles. The van der Waals surface area contributed by atoms with E-state index in [2.05, 4.69) is 0 Å². The van der Waals surface area contributed by atoms with Gasteiger partial charge in [0.25, 0.3) is 0 Å². The summed E-state index contributed by atoms with van der Waals surface area (Å²) in [5.41, 5.74) is 0.489. The third-order valence-corrected chi connectivity index (χ3v) is 4.64. The van der Waals surface area contributed by atoms with E-state index in [1.807, 2.05) is 33.8 Å². The van der Waals surface area contributed by atoms with Gasteiger partial charge in [-0.1, -0.05) is 18.2 Å². The van der Waals surface area contributed by atoms with E-state index in [-0.39, 0.29) is 12.7 Å². The lowest BCUT2D eigenvalue weighted by Crippen LogP contribution is -2.56. The van der Waals surface area contributed by atoms with Crippen molar-refractivity contribution >= 4 is 5.97 Å². The Labute approximate surface area is 152 Å². The van der Waals surface area contributed by atoms with Gasteiger partial charge in [0.1, 0.15) is 31.0 Å². The fourth-order valence-corrected chi connectivity index (χ4v) is 3.64. The SMILES string of the molecule is CC1(C)O[C@H]2[C@@H](O1)[C@H](COC(=O)c1ccccc1)O[C@@H]1OC(C)(C)O[C@@H]12. The average molecular weight is 364 g/mol. The molecule has 1 aromatic carbocycles. The second kappa shape index (κ2) is 6.28. The van der Waals surface area contributed by atoms with Gasteiger partial charge in [0.15, 0.2) is 17.9 Å². The van der Waals surface area contributed by atoms with E-state index in [0.29, 0.717) is 5.56 Å². The second-order valence-electron chi connectivity index (χ2n) is 7.67. The molecule has 3 heterocycles. The highest BCUT2D eigenvalue weighted by Crippen LogP contribution is 2.44. The van der Waals surface area contributed by atoms with Gasteiger partial charge in [0, 0.05) is 0 Å². The van der Waals surface area contributed by atoms with E-state index < -0.39 is 42.1 Å². The number of carbonyl (C=O) groups is 1. The molecule has 4 rings (SSSR count). The van der Waals surface area contributed by atoms with Gasteiger partial charge in [0.05, 0.1) is 5.56 Å². The molecular weight excluding hydrogens is 340 g/mol. The van der Waals surface area contributed by atoms with E-state index in [1.165, 1.54) is 0 Å². The Morgan fingerprint density at radius 2 is 1.54 bits per heavy atom. The Morgan fingerprint density at radius 3 is 2.27 bits per heavy atom. The highest BCUT2D eigenvalue weighted by Gasteiger charge is 2.60. The molecule has 0 radical (unpaired) electrons. The first-order valence-electron chi connectivity index (χ1n) is 8.83. The van der Waals surface area contributed by atoms with Crippen molar-refractivity contribution in [2.75, 3.05) is 6.61 Å². The normalized spacial score (nSPS) is 37.0. The maximum absolute atomic E-state index is 12.2.